The van der Waals surface area contributed by atoms with E-state index in [0.29, 0.717) is 6.61 Å². The molecular weight excluding hydrogens is 400 g/mol. The molecule has 7 heteroatoms. The molecule has 2 fully saturated rings. The number of rotatable bonds is 3. The zero-order valence-corrected chi connectivity index (χ0v) is 16.4. The molecule has 1 atom stereocenters. The minimum atomic E-state index is 0.0501. The summed E-state index contributed by atoms with van der Waals surface area (Å²) < 4.78 is 7.11. The van der Waals surface area contributed by atoms with Gasteiger partial charge >= 0.3 is 0 Å². The summed E-state index contributed by atoms with van der Waals surface area (Å²) in [5.41, 5.74) is 1.19. The van der Waals surface area contributed by atoms with E-state index in [0.717, 1.165) is 42.3 Å². The minimum absolute atomic E-state index is 0.0501. The van der Waals surface area contributed by atoms with Crippen molar-refractivity contribution in [2.24, 2.45) is 0 Å². The van der Waals surface area contributed by atoms with E-state index >= 15 is 0 Å². The van der Waals surface area contributed by atoms with Crippen LogP contribution in [-0.4, -0.2) is 54.3 Å². The van der Waals surface area contributed by atoms with E-state index in [4.69, 9.17) is 4.74 Å². The Labute approximate surface area is 160 Å². The zero-order chi connectivity index (χ0) is 17.1. The summed E-state index contributed by atoms with van der Waals surface area (Å²) in [6, 6.07) is 10.4. The van der Waals surface area contributed by atoms with Crippen molar-refractivity contribution >= 4 is 39.3 Å². The molecule has 0 saturated carbocycles. The predicted molar refractivity (Wildman–Crippen MR) is 107 cm³/mol. The normalized spacial score (nSPS) is 21.4. The first-order valence-corrected chi connectivity index (χ1v) is 10.5. The molecule has 4 rings (SSSR count). The lowest BCUT2D eigenvalue weighted by Crippen LogP contribution is -2.39. The fourth-order valence-electron chi connectivity index (χ4n) is 3.26. The SMILES string of the molecule is Brc1ccccc1C1CN(c2cc(N3CCSCC3)ncn2)CCO1. The summed E-state index contributed by atoms with van der Waals surface area (Å²) in [6.45, 7) is 4.47. The van der Waals surface area contributed by atoms with Crippen LogP contribution in [0.25, 0.3) is 0 Å². The van der Waals surface area contributed by atoms with Crippen molar-refractivity contribution in [3.8, 4) is 0 Å². The van der Waals surface area contributed by atoms with Crippen LogP contribution in [0.3, 0.4) is 0 Å². The smallest absolute Gasteiger partial charge is 0.134 e. The first kappa shape index (κ1) is 17.1. The lowest BCUT2D eigenvalue weighted by molar-refractivity contribution is 0.0391. The number of morpholine rings is 1. The largest absolute Gasteiger partial charge is 0.370 e. The summed E-state index contributed by atoms with van der Waals surface area (Å²) in [5, 5.41) is 0. The van der Waals surface area contributed by atoms with E-state index in [1.165, 1.54) is 17.1 Å². The average Bonchev–Trinajstić information content (AvgIpc) is 2.69. The maximum Gasteiger partial charge on any atom is 0.134 e. The molecule has 2 aliphatic heterocycles. The van der Waals surface area contributed by atoms with Gasteiger partial charge in [-0.3, -0.25) is 0 Å². The summed E-state index contributed by atoms with van der Waals surface area (Å²) in [4.78, 5) is 13.7. The van der Waals surface area contributed by atoms with E-state index in [-0.39, 0.29) is 6.10 Å². The van der Waals surface area contributed by atoms with Gasteiger partial charge in [0.25, 0.3) is 0 Å². The van der Waals surface area contributed by atoms with Gasteiger partial charge in [-0.2, -0.15) is 11.8 Å². The van der Waals surface area contributed by atoms with Gasteiger partial charge < -0.3 is 14.5 Å². The highest BCUT2D eigenvalue weighted by Gasteiger charge is 2.25. The summed E-state index contributed by atoms with van der Waals surface area (Å²) in [5.74, 6) is 4.36. The number of nitrogens with zero attached hydrogens (tertiary/aromatic N) is 4. The van der Waals surface area contributed by atoms with Crippen molar-refractivity contribution in [1.82, 2.24) is 9.97 Å². The van der Waals surface area contributed by atoms with Crippen LogP contribution in [0, 0.1) is 0 Å². The van der Waals surface area contributed by atoms with Crippen molar-refractivity contribution in [3.63, 3.8) is 0 Å². The molecule has 0 N–H and O–H groups in total. The van der Waals surface area contributed by atoms with Gasteiger partial charge in [0, 0.05) is 48.2 Å². The van der Waals surface area contributed by atoms with Crippen LogP contribution in [-0.2, 0) is 4.74 Å². The Kier molecular flexibility index (Phi) is 5.43. The Morgan fingerprint density at radius 2 is 1.80 bits per heavy atom. The topological polar surface area (TPSA) is 41.5 Å². The molecule has 0 spiro atoms. The van der Waals surface area contributed by atoms with Crippen LogP contribution in [0.4, 0.5) is 11.6 Å². The van der Waals surface area contributed by atoms with Crippen LogP contribution in [0.5, 0.6) is 0 Å². The molecule has 5 nitrogen and oxygen atoms in total. The van der Waals surface area contributed by atoms with Gasteiger partial charge in [-0.05, 0) is 11.6 Å². The summed E-state index contributed by atoms with van der Waals surface area (Å²) >= 11 is 5.65. The lowest BCUT2D eigenvalue weighted by Gasteiger charge is -2.35. The van der Waals surface area contributed by atoms with Gasteiger partial charge in [0.05, 0.1) is 6.61 Å². The number of aromatic nitrogens is 2. The van der Waals surface area contributed by atoms with Gasteiger partial charge in [0.2, 0.25) is 0 Å². The monoisotopic (exact) mass is 420 g/mol. The van der Waals surface area contributed by atoms with E-state index in [2.05, 4.69) is 60.0 Å². The van der Waals surface area contributed by atoms with Crippen LogP contribution in [0.2, 0.25) is 0 Å². The molecule has 0 bridgehead atoms. The lowest BCUT2D eigenvalue weighted by atomic mass is 10.1. The van der Waals surface area contributed by atoms with Crippen molar-refractivity contribution in [2.75, 3.05) is 54.1 Å². The number of hydrogen-bond donors (Lipinski definition) is 0. The molecule has 1 unspecified atom stereocenters. The van der Waals surface area contributed by atoms with Crippen molar-refractivity contribution in [1.29, 1.82) is 0 Å². The number of benzene rings is 1. The Morgan fingerprint density at radius 1 is 1.04 bits per heavy atom. The van der Waals surface area contributed by atoms with Gasteiger partial charge in [0.1, 0.15) is 24.1 Å². The number of anilines is 2. The second-order valence-electron chi connectivity index (χ2n) is 6.16. The molecule has 0 aliphatic carbocycles. The second-order valence-corrected chi connectivity index (χ2v) is 8.24. The highest BCUT2D eigenvalue weighted by atomic mass is 79.9. The third kappa shape index (κ3) is 3.93. The van der Waals surface area contributed by atoms with Crippen LogP contribution < -0.4 is 9.80 Å². The molecular formula is C18H21BrN4OS. The average molecular weight is 421 g/mol. The molecule has 132 valence electrons. The molecule has 2 aromatic rings. The first-order chi connectivity index (χ1) is 12.3. The van der Waals surface area contributed by atoms with Crippen molar-refractivity contribution in [3.05, 3.63) is 46.7 Å². The van der Waals surface area contributed by atoms with E-state index in [1.807, 2.05) is 17.8 Å². The summed E-state index contributed by atoms with van der Waals surface area (Å²) in [6.07, 6.45) is 1.74. The van der Waals surface area contributed by atoms with E-state index in [9.17, 15) is 0 Å². The molecule has 0 radical (unpaired) electrons. The minimum Gasteiger partial charge on any atom is -0.370 e. The second kappa shape index (κ2) is 7.93. The maximum absolute atomic E-state index is 6.01. The Morgan fingerprint density at radius 3 is 2.60 bits per heavy atom. The summed E-state index contributed by atoms with van der Waals surface area (Å²) in [7, 11) is 0. The van der Waals surface area contributed by atoms with Crippen molar-refractivity contribution in [2.45, 2.75) is 6.10 Å². The molecule has 25 heavy (non-hydrogen) atoms. The van der Waals surface area contributed by atoms with E-state index in [1.54, 1.807) is 6.33 Å². The fraction of sp³-hybridized carbons (Fsp3) is 0.444. The molecule has 0 amide bonds. The Bertz CT molecular complexity index is 726. The highest BCUT2D eigenvalue weighted by molar-refractivity contribution is 9.10. The highest BCUT2D eigenvalue weighted by Crippen LogP contribution is 2.30. The van der Waals surface area contributed by atoms with Crippen LogP contribution in [0.15, 0.2) is 41.1 Å². The van der Waals surface area contributed by atoms with E-state index < -0.39 is 0 Å². The fourth-order valence-corrected chi connectivity index (χ4v) is 4.70. The van der Waals surface area contributed by atoms with Gasteiger partial charge in [-0.25, -0.2) is 9.97 Å². The van der Waals surface area contributed by atoms with Gasteiger partial charge in [-0.1, -0.05) is 34.1 Å². The molecule has 2 aliphatic rings. The van der Waals surface area contributed by atoms with Crippen LogP contribution >= 0.6 is 27.7 Å². The molecule has 2 saturated heterocycles. The Balaban J connectivity index is 1.52. The van der Waals surface area contributed by atoms with Crippen LogP contribution in [0.1, 0.15) is 11.7 Å². The number of thioether (sulfide) groups is 1. The first-order valence-electron chi connectivity index (χ1n) is 8.57. The van der Waals surface area contributed by atoms with Gasteiger partial charge in [-0.15, -0.1) is 0 Å². The third-order valence-electron chi connectivity index (χ3n) is 4.62. The van der Waals surface area contributed by atoms with Gasteiger partial charge in [0.15, 0.2) is 0 Å². The number of ether oxygens (including phenoxy) is 1. The standard InChI is InChI=1S/C18H21BrN4OS/c19-15-4-2-1-3-14(15)16-12-23(5-8-24-16)18-11-17(20-13-21-18)22-6-9-25-10-7-22/h1-4,11,13,16H,5-10,12H2. The maximum atomic E-state index is 6.01. The zero-order valence-electron chi connectivity index (χ0n) is 14.0. The predicted octanol–water partition coefficient (Wildman–Crippen LogP) is 3.37. The molecule has 3 heterocycles. The molecule has 1 aromatic carbocycles. The molecule has 1 aromatic heterocycles. The Hall–Kier alpha value is -1.31. The van der Waals surface area contributed by atoms with Crippen molar-refractivity contribution < 1.29 is 4.74 Å². The number of halogens is 1. The quantitative estimate of drug-likeness (QED) is 0.757. The third-order valence-corrected chi connectivity index (χ3v) is 6.28. The number of hydrogen-bond acceptors (Lipinski definition) is 6.